The maximum atomic E-state index is 13.4. The Balaban J connectivity index is 2.05. The van der Waals surface area contributed by atoms with Gasteiger partial charge < -0.3 is 10.4 Å². The zero-order valence-electron chi connectivity index (χ0n) is 16.6. The molecule has 2 aromatic carbocycles. The van der Waals surface area contributed by atoms with E-state index in [4.69, 9.17) is 0 Å². The van der Waals surface area contributed by atoms with E-state index in [1.54, 1.807) is 18.2 Å². The summed E-state index contributed by atoms with van der Waals surface area (Å²) in [7, 11) is 0. The van der Waals surface area contributed by atoms with Gasteiger partial charge in [0, 0.05) is 5.69 Å². The van der Waals surface area contributed by atoms with Crippen molar-refractivity contribution < 1.29 is 45.4 Å². The molecule has 0 heterocycles. The number of benzene rings is 2. The molecule has 33 heavy (non-hydrogen) atoms. The summed E-state index contributed by atoms with van der Waals surface area (Å²) in [5.41, 5.74) is 2.38. The zero-order valence-corrected chi connectivity index (χ0v) is 16.6. The molecule has 0 fully saturated rings. The van der Waals surface area contributed by atoms with E-state index in [1.165, 1.54) is 36.5 Å². The molecule has 2 aromatic rings. The summed E-state index contributed by atoms with van der Waals surface area (Å²) >= 11 is 0. The Morgan fingerprint density at radius 2 is 1.45 bits per heavy atom. The molecule has 0 aliphatic heterocycles. The first-order valence-electron chi connectivity index (χ1n) is 9.00. The topological polar surface area (TPSA) is 90.8 Å². The highest BCUT2D eigenvalue weighted by Crippen LogP contribution is 2.46. The van der Waals surface area contributed by atoms with E-state index in [1.807, 2.05) is 0 Å². The highest BCUT2D eigenvalue weighted by Gasteiger charge is 2.76. The minimum atomic E-state index is -6.64. The smallest absolute Gasteiger partial charge is 0.378 e. The van der Waals surface area contributed by atoms with Crippen molar-refractivity contribution in [3.8, 4) is 0 Å². The Morgan fingerprint density at radius 1 is 0.909 bits per heavy atom. The molecule has 3 N–H and O–H groups in total. The summed E-state index contributed by atoms with van der Waals surface area (Å²) in [5, 5.41) is 15.0. The number of hydrogen-bond donors (Lipinski definition) is 3. The van der Waals surface area contributed by atoms with Crippen LogP contribution in [-0.2, 0) is 9.59 Å². The molecule has 1 atom stereocenters. The number of hydrazone groups is 1. The van der Waals surface area contributed by atoms with Gasteiger partial charge in [-0.25, -0.2) is 5.43 Å². The van der Waals surface area contributed by atoms with Gasteiger partial charge in [-0.1, -0.05) is 42.5 Å². The Hall–Kier alpha value is -3.48. The summed E-state index contributed by atoms with van der Waals surface area (Å²) in [6.07, 6.45) is -8.14. The Morgan fingerprint density at radius 3 is 1.97 bits per heavy atom. The summed E-state index contributed by atoms with van der Waals surface area (Å²) in [4.78, 5) is 23.3. The van der Waals surface area contributed by atoms with Gasteiger partial charge in [0.2, 0.25) is 0 Å². The van der Waals surface area contributed by atoms with Crippen LogP contribution in [0.1, 0.15) is 24.2 Å². The largest absolute Gasteiger partial charge is 0.460 e. The van der Waals surface area contributed by atoms with Crippen molar-refractivity contribution in [2.24, 2.45) is 5.10 Å². The van der Waals surface area contributed by atoms with Crippen molar-refractivity contribution in [3.63, 3.8) is 0 Å². The van der Waals surface area contributed by atoms with Gasteiger partial charge in [-0.15, -0.1) is 0 Å². The molecule has 1 unspecified atom stereocenters. The minimum absolute atomic E-state index is 0.162. The number of nitrogens with zero attached hydrogens (tertiary/aromatic N) is 1. The van der Waals surface area contributed by atoms with Crippen LogP contribution in [0.4, 0.5) is 36.4 Å². The maximum absolute atomic E-state index is 13.4. The molecule has 6 nitrogen and oxygen atoms in total. The third kappa shape index (κ3) is 5.66. The second-order valence-electron chi connectivity index (χ2n) is 6.66. The molecule has 0 bridgehead atoms. The Kier molecular flexibility index (Phi) is 7.47. The summed E-state index contributed by atoms with van der Waals surface area (Å²) in [5.74, 6) is -16.3. The number of carbonyl (C=O) groups is 2. The normalized spacial score (nSPS) is 13.9. The number of hydrogen-bond acceptors (Lipinski definition) is 4. The summed E-state index contributed by atoms with van der Waals surface area (Å²) < 4.78 is 89.2. The summed E-state index contributed by atoms with van der Waals surface area (Å²) in [6, 6.07) is 12.2. The molecule has 0 aliphatic carbocycles. The predicted octanol–water partition coefficient (Wildman–Crippen LogP) is 4.03. The fraction of sp³-hybridized carbons (Fsp3) is 0.250. The first kappa shape index (κ1) is 25.8. The van der Waals surface area contributed by atoms with Crippen LogP contribution >= 0.6 is 0 Å². The van der Waals surface area contributed by atoms with E-state index in [-0.39, 0.29) is 11.3 Å². The van der Waals surface area contributed by atoms with E-state index in [9.17, 15) is 45.4 Å². The van der Waals surface area contributed by atoms with Gasteiger partial charge >= 0.3 is 23.9 Å². The molecular formula is C20H16F7N3O3. The lowest BCUT2D eigenvalue weighted by Gasteiger charge is -2.27. The van der Waals surface area contributed by atoms with Gasteiger partial charge in [-0.2, -0.15) is 35.8 Å². The number of nitrogens with one attached hydrogen (secondary N) is 2. The highest BCUT2D eigenvalue weighted by molar-refractivity contribution is 6.01. The second-order valence-corrected chi connectivity index (χ2v) is 6.66. The molecule has 0 aromatic heterocycles. The number of amides is 2. The molecule has 0 spiro atoms. The van der Waals surface area contributed by atoms with Gasteiger partial charge in [0.25, 0.3) is 5.91 Å². The van der Waals surface area contributed by atoms with Crippen molar-refractivity contribution in [2.45, 2.75) is 31.0 Å². The van der Waals surface area contributed by atoms with Gasteiger partial charge in [-0.3, -0.25) is 9.59 Å². The van der Waals surface area contributed by atoms with Gasteiger partial charge in [0.15, 0.2) is 6.10 Å². The fourth-order valence-electron chi connectivity index (χ4n) is 2.38. The first-order valence-corrected chi connectivity index (χ1v) is 9.00. The molecule has 178 valence electrons. The van der Waals surface area contributed by atoms with Crippen LogP contribution in [0.2, 0.25) is 0 Å². The zero-order chi connectivity index (χ0) is 25.0. The fourth-order valence-corrected chi connectivity index (χ4v) is 2.38. The molecule has 0 saturated heterocycles. The van der Waals surface area contributed by atoms with E-state index in [0.29, 0.717) is 5.56 Å². The number of rotatable bonds is 7. The lowest BCUT2D eigenvalue weighted by atomic mass is 10.1. The number of halogens is 7. The molecule has 2 rings (SSSR count). The number of anilines is 1. The predicted molar refractivity (Wildman–Crippen MR) is 103 cm³/mol. The number of alkyl halides is 7. The van der Waals surface area contributed by atoms with E-state index >= 15 is 0 Å². The van der Waals surface area contributed by atoms with Crippen molar-refractivity contribution in [3.05, 3.63) is 65.7 Å². The molecule has 0 radical (unpaired) electrons. The van der Waals surface area contributed by atoms with Crippen molar-refractivity contribution in [1.82, 2.24) is 5.43 Å². The van der Waals surface area contributed by atoms with Gasteiger partial charge in [0.05, 0.1) is 5.71 Å². The maximum Gasteiger partial charge on any atom is 0.460 e. The van der Waals surface area contributed by atoms with Gasteiger partial charge in [-0.05, 0) is 30.2 Å². The van der Waals surface area contributed by atoms with Crippen molar-refractivity contribution in [2.75, 3.05) is 5.32 Å². The third-order valence-electron chi connectivity index (χ3n) is 4.29. The number of aliphatic hydroxyl groups is 1. The SMILES string of the molecule is C/C(=N\NC(=O)C(O)c1ccccc1)c1ccc(NC(=O)C(F)(F)C(F)(F)C(F)(F)F)cc1. The third-order valence-corrected chi connectivity index (χ3v) is 4.29. The molecule has 13 heteroatoms. The minimum Gasteiger partial charge on any atom is -0.378 e. The Bertz CT molecular complexity index is 1020. The van der Waals surface area contributed by atoms with Crippen LogP contribution in [0.25, 0.3) is 0 Å². The monoisotopic (exact) mass is 479 g/mol. The molecule has 0 saturated carbocycles. The lowest BCUT2D eigenvalue weighted by Crippen LogP contribution is -2.57. The first-order chi connectivity index (χ1) is 15.2. The highest BCUT2D eigenvalue weighted by atomic mass is 19.4. The van der Waals surface area contributed by atoms with Crippen LogP contribution in [0.3, 0.4) is 0 Å². The number of carbonyl (C=O) groups excluding carboxylic acids is 2. The van der Waals surface area contributed by atoms with E-state index in [2.05, 4.69) is 10.5 Å². The average Bonchev–Trinajstić information content (AvgIpc) is 2.76. The van der Waals surface area contributed by atoms with Crippen LogP contribution in [0, 0.1) is 0 Å². The standard InChI is InChI=1S/C20H16F7N3O3/c1-11(29-30-16(32)15(31)13-5-3-2-4-6-13)12-7-9-14(10-8-12)28-17(33)18(21,22)19(23,24)20(25,26)27/h2-10,15,31H,1H3,(H,28,33)(H,30,32)/b29-11+. The Labute approximate surface area is 182 Å². The number of aliphatic hydroxyl groups excluding tert-OH is 1. The van der Waals surface area contributed by atoms with Crippen LogP contribution in [0.5, 0.6) is 0 Å². The van der Waals surface area contributed by atoms with E-state index < -0.39 is 41.6 Å². The lowest BCUT2D eigenvalue weighted by molar-refractivity contribution is -0.343. The van der Waals surface area contributed by atoms with Crippen LogP contribution in [-0.4, -0.2) is 40.7 Å². The van der Waals surface area contributed by atoms with Crippen molar-refractivity contribution in [1.29, 1.82) is 0 Å². The molecule has 0 aliphatic rings. The second kappa shape index (κ2) is 9.57. The van der Waals surface area contributed by atoms with Crippen LogP contribution < -0.4 is 10.7 Å². The summed E-state index contributed by atoms with van der Waals surface area (Å²) in [6.45, 7) is 1.42. The quantitative estimate of drug-likeness (QED) is 0.318. The molecule has 2 amide bonds. The van der Waals surface area contributed by atoms with E-state index in [0.717, 1.165) is 12.1 Å². The van der Waals surface area contributed by atoms with Gasteiger partial charge in [0.1, 0.15) is 0 Å². The molecular weight excluding hydrogens is 463 g/mol. The van der Waals surface area contributed by atoms with Crippen LogP contribution in [0.15, 0.2) is 59.7 Å². The average molecular weight is 479 g/mol. The van der Waals surface area contributed by atoms with Crippen molar-refractivity contribution >= 4 is 23.2 Å².